The number of carbonyl (C=O) groups is 3. The fraction of sp³-hybridized carbons (Fsp3) is 0.647. The molecule has 128 valence electrons. The van der Waals surface area contributed by atoms with E-state index in [9.17, 15) is 19.6 Å². The van der Waals surface area contributed by atoms with Crippen LogP contribution in [0.5, 0.6) is 0 Å². The largest absolute Gasteiger partial charge is 0.458 e. The second-order valence-electron chi connectivity index (χ2n) is 6.55. The van der Waals surface area contributed by atoms with Crippen LogP contribution in [-0.2, 0) is 23.9 Å². The third kappa shape index (κ3) is 2.77. The van der Waals surface area contributed by atoms with Crippen LogP contribution in [0.3, 0.4) is 0 Å². The fourth-order valence-corrected chi connectivity index (χ4v) is 4.21. The van der Waals surface area contributed by atoms with E-state index in [2.05, 4.69) is 18.0 Å². The van der Waals surface area contributed by atoms with E-state index < -0.39 is 12.0 Å². The van der Waals surface area contributed by atoms with Crippen molar-refractivity contribution in [3.05, 3.63) is 12.7 Å². The summed E-state index contributed by atoms with van der Waals surface area (Å²) in [4.78, 5) is 34.9. The number of unbranched alkanes of at least 4 members (excludes halogenated alkanes) is 1. The lowest BCUT2D eigenvalue weighted by Gasteiger charge is -2.28. The van der Waals surface area contributed by atoms with Crippen molar-refractivity contribution < 1.29 is 23.9 Å². The van der Waals surface area contributed by atoms with Crippen molar-refractivity contribution in [3.63, 3.8) is 0 Å². The Bertz CT molecular complexity index is 611. The van der Waals surface area contributed by atoms with Crippen molar-refractivity contribution in [2.24, 2.45) is 23.7 Å². The molecule has 1 amide bonds. The Labute approximate surface area is 140 Å². The molecule has 24 heavy (non-hydrogen) atoms. The Hall–Kier alpha value is -2.36. The number of nitriles is 1. The summed E-state index contributed by atoms with van der Waals surface area (Å²) in [5.74, 6) is -1.74. The number of amides is 1. The lowest BCUT2D eigenvalue weighted by atomic mass is 9.79. The smallest absolute Gasteiger partial charge is 0.311 e. The summed E-state index contributed by atoms with van der Waals surface area (Å²) in [5, 5.41) is 11.9. The molecule has 6 unspecified atom stereocenters. The number of fused-ring (bicyclic) bond motifs is 1. The third-order valence-electron chi connectivity index (χ3n) is 5.25. The van der Waals surface area contributed by atoms with Crippen molar-refractivity contribution in [2.45, 2.75) is 37.9 Å². The number of hydrogen-bond donors (Lipinski definition) is 1. The van der Waals surface area contributed by atoms with Crippen LogP contribution in [0.4, 0.5) is 0 Å². The molecule has 0 aromatic rings. The molecular formula is C17H20N2O5. The molecule has 2 saturated carbocycles. The van der Waals surface area contributed by atoms with Crippen LogP contribution < -0.4 is 5.32 Å². The third-order valence-corrected chi connectivity index (χ3v) is 5.25. The van der Waals surface area contributed by atoms with E-state index in [0.717, 1.165) is 0 Å². The predicted octanol–water partition coefficient (Wildman–Crippen LogP) is 0.702. The molecule has 3 rings (SSSR count). The average molecular weight is 332 g/mol. The van der Waals surface area contributed by atoms with Gasteiger partial charge < -0.3 is 14.8 Å². The Morgan fingerprint density at radius 1 is 1.42 bits per heavy atom. The van der Waals surface area contributed by atoms with Gasteiger partial charge in [0.15, 0.2) is 0 Å². The maximum Gasteiger partial charge on any atom is 0.311 e. The summed E-state index contributed by atoms with van der Waals surface area (Å²) in [7, 11) is 0. The van der Waals surface area contributed by atoms with E-state index in [1.54, 1.807) is 0 Å². The first-order chi connectivity index (χ1) is 11.6. The van der Waals surface area contributed by atoms with Gasteiger partial charge in [-0.25, -0.2) is 0 Å². The topological polar surface area (TPSA) is 105 Å². The molecule has 1 N–H and O–H groups in total. The monoisotopic (exact) mass is 332 g/mol. The Morgan fingerprint density at radius 2 is 2.21 bits per heavy atom. The SMILES string of the molecule is C=CC(=O)NCCCCC(=O)OC1C2CC3C1OC(=O)C3C2C#N. The first kappa shape index (κ1) is 16.5. The lowest BCUT2D eigenvalue weighted by molar-refractivity contribution is -0.162. The van der Waals surface area contributed by atoms with Gasteiger partial charge in [0.2, 0.25) is 5.91 Å². The minimum absolute atomic E-state index is 0.0130. The standard InChI is InChI=1S/C17H20N2O5/c1-2-12(20)19-6-4-3-5-13(21)23-15-9-7-10-14(11(9)8-18)17(22)24-16(10)15/h2,9-11,14-16H,1,3-7H2,(H,19,20). The van der Waals surface area contributed by atoms with Crippen molar-refractivity contribution in [1.29, 1.82) is 5.26 Å². The molecular weight excluding hydrogens is 312 g/mol. The van der Waals surface area contributed by atoms with Crippen LogP contribution in [0.2, 0.25) is 0 Å². The van der Waals surface area contributed by atoms with E-state index in [0.29, 0.717) is 25.8 Å². The number of ether oxygens (including phenoxy) is 2. The number of rotatable bonds is 7. The summed E-state index contributed by atoms with van der Waals surface area (Å²) >= 11 is 0. The highest BCUT2D eigenvalue weighted by molar-refractivity contribution is 5.86. The normalized spacial score (nSPS) is 35.2. The summed E-state index contributed by atoms with van der Waals surface area (Å²) in [6.07, 6.45) is 2.52. The van der Waals surface area contributed by atoms with Gasteiger partial charge in [-0.15, -0.1) is 0 Å². The fourth-order valence-electron chi connectivity index (χ4n) is 4.21. The second kappa shape index (κ2) is 6.63. The van der Waals surface area contributed by atoms with Crippen LogP contribution in [0, 0.1) is 35.0 Å². The average Bonchev–Trinajstić information content (AvgIpc) is 3.17. The summed E-state index contributed by atoms with van der Waals surface area (Å²) in [5.41, 5.74) is 0. The predicted molar refractivity (Wildman–Crippen MR) is 81.0 cm³/mol. The Kier molecular flexibility index (Phi) is 4.56. The number of hydrogen-bond acceptors (Lipinski definition) is 6. The van der Waals surface area contributed by atoms with Gasteiger partial charge in [-0.1, -0.05) is 6.58 Å². The molecule has 1 aliphatic heterocycles. The van der Waals surface area contributed by atoms with Crippen molar-refractivity contribution in [1.82, 2.24) is 5.32 Å². The van der Waals surface area contributed by atoms with Crippen LogP contribution in [0.1, 0.15) is 25.7 Å². The highest BCUT2D eigenvalue weighted by Crippen LogP contribution is 2.58. The number of nitrogens with one attached hydrogen (secondary N) is 1. The summed E-state index contributed by atoms with van der Waals surface area (Å²) in [6.45, 7) is 3.83. The van der Waals surface area contributed by atoms with Gasteiger partial charge in [-0.05, 0) is 25.3 Å². The Balaban J connectivity index is 1.46. The highest BCUT2D eigenvalue weighted by atomic mass is 16.6. The number of nitrogens with zero attached hydrogens (tertiary/aromatic N) is 1. The molecule has 0 aromatic carbocycles. The van der Waals surface area contributed by atoms with Crippen LogP contribution >= 0.6 is 0 Å². The molecule has 7 heteroatoms. The van der Waals surface area contributed by atoms with Crippen LogP contribution in [0.15, 0.2) is 12.7 Å². The van der Waals surface area contributed by atoms with Gasteiger partial charge in [0.05, 0.1) is 17.9 Å². The minimum atomic E-state index is -0.490. The van der Waals surface area contributed by atoms with Gasteiger partial charge in [0.25, 0.3) is 0 Å². The minimum Gasteiger partial charge on any atom is -0.458 e. The zero-order valence-corrected chi connectivity index (χ0v) is 13.3. The highest BCUT2D eigenvalue weighted by Gasteiger charge is 2.68. The van der Waals surface area contributed by atoms with Crippen LogP contribution in [0.25, 0.3) is 0 Å². The maximum absolute atomic E-state index is 12.0. The zero-order valence-electron chi connectivity index (χ0n) is 13.3. The zero-order chi connectivity index (χ0) is 17.3. The quantitative estimate of drug-likeness (QED) is 0.418. The van der Waals surface area contributed by atoms with Gasteiger partial charge in [0.1, 0.15) is 12.2 Å². The van der Waals surface area contributed by atoms with E-state index in [-0.39, 0.29) is 48.1 Å². The van der Waals surface area contributed by atoms with E-state index in [4.69, 9.17) is 9.47 Å². The number of esters is 2. The molecule has 3 fully saturated rings. The second-order valence-corrected chi connectivity index (χ2v) is 6.55. The molecule has 0 aromatic heterocycles. The van der Waals surface area contributed by atoms with Crippen molar-refractivity contribution in [2.75, 3.05) is 6.54 Å². The Morgan fingerprint density at radius 3 is 2.92 bits per heavy atom. The molecule has 7 nitrogen and oxygen atoms in total. The first-order valence-corrected chi connectivity index (χ1v) is 8.26. The molecule has 3 aliphatic rings. The van der Waals surface area contributed by atoms with Gasteiger partial charge in [-0.3, -0.25) is 14.4 Å². The van der Waals surface area contributed by atoms with Gasteiger partial charge >= 0.3 is 11.9 Å². The lowest BCUT2D eigenvalue weighted by Crippen LogP contribution is -2.40. The molecule has 2 aliphatic carbocycles. The molecule has 1 saturated heterocycles. The first-order valence-electron chi connectivity index (χ1n) is 8.26. The van der Waals surface area contributed by atoms with Crippen molar-refractivity contribution >= 4 is 17.8 Å². The van der Waals surface area contributed by atoms with Crippen LogP contribution in [-0.4, -0.2) is 36.6 Å². The molecule has 0 spiro atoms. The van der Waals surface area contributed by atoms with Crippen molar-refractivity contribution in [3.8, 4) is 6.07 Å². The molecule has 0 radical (unpaired) electrons. The summed E-state index contributed by atoms with van der Waals surface area (Å²) in [6, 6.07) is 2.19. The van der Waals surface area contributed by atoms with Gasteiger partial charge in [-0.2, -0.15) is 5.26 Å². The number of carbonyl (C=O) groups excluding carboxylic acids is 3. The summed E-state index contributed by atoms with van der Waals surface area (Å²) < 4.78 is 10.9. The van der Waals surface area contributed by atoms with E-state index >= 15 is 0 Å². The maximum atomic E-state index is 12.0. The molecule has 1 heterocycles. The van der Waals surface area contributed by atoms with Gasteiger partial charge in [0, 0.05) is 24.8 Å². The molecule has 6 atom stereocenters. The van der Waals surface area contributed by atoms with E-state index in [1.807, 2.05) is 0 Å². The molecule has 2 bridgehead atoms. The van der Waals surface area contributed by atoms with E-state index in [1.165, 1.54) is 6.08 Å².